The highest BCUT2D eigenvalue weighted by molar-refractivity contribution is 5.92. The molecule has 0 fully saturated rings. The zero-order valence-corrected chi connectivity index (χ0v) is 13.7. The Morgan fingerprint density at radius 3 is 2.04 bits per heavy atom. The van der Waals surface area contributed by atoms with Gasteiger partial charge in [-0.05, 0) is 30.3 Å². The highest BCUT2D eigenvalue weighted by Gasteiger charge is 2.37. The molecule has 2 heterocycles. The first kappa shape index (κ1) is 18.0. The molecular formula is C17H9F6N5. The lowest BCUT2D eigenvalue weighted by Gasteiger charge is -2.13. The number of aromatic nitrogens is 4. The van der Waals surface area contributed by atoms with Crippen LogP contribution in [0, 0.1) is 0 Å². The molecule has 0 bridgehead atoms. The molecule has 0 radical (unpaired) electrons. The van der Waals surface area contributed by atoms with Gasteiger partial charge in [-0.15, -0.1) is 5.10 Å². The van der Waals surface area contributed by atoms with Gasteiger partial charge in [0.1, 0.15) is 0 Å². The highest BCUT2D eigenvalue weighted by Crippen LogP contribution is 2.38. The van der Waals surface area contributed by atoms with Crippen LogP contribution in [0.15, 0.2) is 42.5 Å². The summed E-state index contributed by atoms with van der Waals surface area (Å²) in [6.45, 7) is 0. The second-order valence-corrected chi connectivity index (χ2v) is 5.95. The van der Waals surface area contributed by atoms with Crippen molar-refractivity contribution in [3.05, 3.63) is 53.6 Å². The third-order valence-corrected chi connectivity index (χ3v) is 4.05. The van der Waals surface area contributed by atoms with Gasteiger partial charge in [0, 0.05) is 10.9 Å². The van der Waals surface area contributed by atoms with Crippen LogP contribution in [-0.4, -0.2) is 19.6 Å². The maximum atomic E-state index is 13.1. The summed E-state index contributed by atoms with van der Waals surface area (Å²) in [5.41, 5.74) is 3.10. The van der Waals surface area contributed by atoms with E-state index in [0.717, 1.165) is 4.52 Å². The van der Waals surface area contributed by atoms with E-state index < -0.39 is 29.0 Å². The van der Waals surface area contributed by atoms with Crippen molar-refractivity contribution in [2.24, 2.45) is 0 Å². The van der Waals surface area contributed by atoms with E-state index in [9.17, 15) is 26.3 Å². The van der Waals surface area contributed by atoms with E-state index in [0.29, 0.717) is 23.0 Å². The van der Waals surface area contributed by atoms with Crippen LogP contribution in [0.5, 0.6) is 0 Å². The minimum Gasteiger partial charge on any atom is -0.368 e. The second-order valence-electron chi connectivity index (χ2n) is 5.95. The molecule has 0 saturated heterocycles. The lowest BCUT2D eigenvalue weighted by molar-refractivity contribution is -0.143. The summed E-state index contributed by atoms with van der Waals surface area (Å²) in [7, 11) is 0. The van der Waals surface area contributed by atoms with Gasteiger partial charge in [-0.2, -0.15) is 30.9 Å². The molecule has 0 aliphatic carbocycles. The molecule has 0 aliphatic rings. The zero-order chi connectivity index (χ0) is 20.3. The molecule has 0 aliphatic heterocycles. The van der Waals surface area contributed by atoms with Crippen molar-refractivity contribution in [3.63, 3.8) is 0 Å². The summed E-state index contributed by atoms with van der Waals surface area (Å²) in [6.07, 6.45) is -9.94. The monoisotopic (exact) mass is 397 g/mol. The van der Waals surface area contributed by atoms with Crippen LogP contribution in [0.2, 0.25) is 0 Å². The van der Waals surface area contributed by atoms with Crippen LogP contribution in [0.1, 0.15) is 11.1 Å². The molecule has 2 aromatic heterocycles. The minimum atomic E-state index is -4.97. The number of hydrogen-bond acceptors (Lipinski definition) is 4. The lowest BCUT2D eigenvalue weighted by atomic mass is 10.0. The van der Waals surface area contributed by atoms with Crippen LogP contribution in [0.3, 0.4) is 0 Å². The van der Waals surface area contributed by atoms with Crippen molar-refractivity contribution in [1.29, 1.82) is 0 Å². The topological polar surface area (TPSA) is 69.1 Å². The van der Waals surface area contributed by atoms with Gasteiger partial charge >= 0.3 is 12.4 Å². The maximum absolute atomic E-state index is 13.1. The average Bonchev–Trinajstić information content (AvgIpc) is 3.06. The quantitative estimate of drug-likeness (QED) is 0.478. The molecule has 2 aromatic carbocycles. The second kappa shape index (κ2) is 5.81. The van der Waals surface area contributed by atoms with Gasteiger partial charge in [0.25, 0.3) is 0 Å². The van der Waals surface area contributed by atoms with Gasteiger partial charge in [-0.25, -0.2) is 9.97 Å². The summed E-state index contributed by atoms with van der Waals surface area (Å²) < 4.78 is 79.6. The lowest BCUT2D eigenvalue weighted by Crippen LogP contribution is -2.11. The summed E-state index contributed by atoms with van der Waals surface area (Å²) >= 11 is 0. The zero-order valence-electron chi connectivity index (χ0n) is 13.7. The number of nitrogen functional groups attached to an aromatic ring is 1. The van der Waals surface area contributed by atoms with Crippen LogP contribution in [0.25, 0.3) is 27.9 Å². The van der Waals surface area contributed by atoms with E-state index in [1.54, 1.807) is 24.3 Å². The van der Waals surface area contributed by atoms with Gasteiger partial charge in [-0.1, -0.05) is 12.1 Å². The van der Waals surface area contributed by atoms with Crippen molar-refractivity contribution in [2.75, 3.05) is 5.73 Å². The summed E-state index contributed by atoms with van der Waals surface area (Å²) in [5.74, 6) is -0.433. The van der Waals surface area contributed by atoms with E-state index in [2.05, 4.69) is 15.1 Å². The Kier molecular flexibility index (Phi) is 3.74. The number of fused-ring (bicyclic) bond motifs is 3. The molecule has 0 atom stereocenters. The number of rotatable bonds is 1. The minimum absolute atomic E-state index is 0.0462. The summed E-state index contributed by atoms with van der Waals surface area (Å²) in [6, 6.07) is 7.84. The largest absolute Gasteiger partial charge is 0.416 e. The summed E-state index contributed by atoms with van der Waals surface area (Å²) in [4.78, 5) is 8.22. The van der Waals surface area contributed by atoms with Gasteiger partial charge < -0.3 is 5.73 Å². The number of nitrogens with two attached hydrogens (primary N) is 1. The number of nitrogens with zero attached hydrogens (tertiary/aromatic N) is 4. The number of para-hydroxylation sites is 1. The van der Waals surface area contributed by atoms with E-state index in [1.165, 1.54) is 0 Å². The molecule has 4 aromatic rings. The van der Waals surface area contributed by atoms with Crippen molar-refractivity contribution in [2.45, 2.75) is 12.4 Å². The number of benzene rings is 2. The molecule has 28 heavy (non-hydrogen) atoms. The van der Waals surface area contributed by atoms with Crippen molar-refractivity contribution in [3.8, 4) is 11.4 Å². The molecule has 5 nitrogen and oxygen atoms in total. The SMILES string of the molecule is Nc1nc2ccccc2c2nc(-c3cc(C(F)(F)F)cc(C(F)(F)F)c3)nn12. The molecular weight excluding hydrogens is 388 g/mol. The van der Waals surface area contributed by atoms with Crippen molar-refractivity contribution >= 4 is 22.5 Å². The molecule has 4 rings (SSSR count). The first-order chi connectivity index (χ1) is 13.0. The first-order valence-electron chi connectivity index (χ1n) is 7.75. The van der Waals surface area contributed by atoms with E-state index in [-0.39, 0.29) is 23.5 Å². The van der Waals surface area contributed by atoms with Gasteiger partial charge in [0.2, 0.25) is 5.95 Å². The average molecular weight is 397 g/mol. The van der Waals surface area contributed by atoms with Crippen LogP contribution in [-0.2, 0) is 12.4 Å². The first-order valence-corrected chi connectivity index (χ1v) is 7.75. The Labute approximate surface area is 152 Å². The normalized spacial score (nSPS) is 12.8. The molecule has 2 N–H and O–H groups in total. The Bertz CT molecular complexity index is 1180. The molecule has 11 heteroatoms. The van der Waals surface area contributed by atoms with Crippen LogP contribution < -0.4 is 5.73 Å². The highest BCUT2D eigenvalue weighted by atomic mass is 19.4. The maximum Gasteiger partial charge on any atom is 0.416 e. The number of hydrogen-bond donors (Lipinski definition) is 1. The molecule has 0 amide bonds. The molecule has 0 spiro atoms. The fraction of sp³-hybridized carbons (Fsp3) is 0.118. The molecule has 0 saturated carbocycles. The van der Waals surface area contributed by atoms with E-state index in [1.807, 2.05) is 0 Å². The Morgan fingerprint density at radius 1 is 0.821 bits per heavy atom. The Hall–Kier alpha value is -3.37. The van der Waals surface area contributed by atoms with Crippen molar-refractivity contribution < 1.29 is 26.3 Å². The number of anilines is 1. The standard InChI is InChI=1S/C17H9F6N5/c18-16(19,20)9-5-8(6-10(7-9)17(21,22)23)13-26-14-11-3-1-2-4-12(11)25-15(24)28(14)27-13/h1-7H,(H2,24,25). The predicted molar refractivity (Wildman–Crippen MR) is 88.1 cm³/mol. The Balaban J connectivity index is 2.00. The van der Waals surface area contributed by atoms with Crippen molar-refractivity contribution in [1.82, 2.24) is 19.6 Å². The summed E-state index contributed by atoms with van der Waals surface area (Å²) in [5, 5.41) is 4.46. The smallest absolute Gasteiger partial charge is 0.368 e. The third kappa shape index (κ3) is 2.98. The van der Waals surface area contributed by atoms with E-state index >= 15 is 0 Å². The predicted octanol–water partition coefficient (Wildman–Crippen LogP) is 4.56. The van der Waals surface area contributed by atoms with E-state index in [4.69, 9.17) is 5.73 Å². The van der Waals surface area contributed by atoms with Gasteiger partial charge in [-0.3, -0.25) is 0 Å². The fourth-order valence-corrected chi connectivity index (χ4v) is 2.78. The Morgan fingerprint density at radius 2 is 1.43 bits per heavy atom. The molecule has 144 valence electrons. The fourth-order valence-electron chi connectivity index (χ4n) is 2.78. The molecule has 0 unspecified atom stereocenters. The van der Waals surface area contributed by atoms with Gasteiger partial charge in [0.05, 0.1) is 16.6 Å². The number of halogens is 6. The third-order valence-electron chi connectivity index (χ3n) is 4.05. The number of alkyl halides is 6. The van der Waals surface area contributed by atoms with Crippen LogP contribution in [0.4, 0.5) is 32.3 Å². The van der Waals surface area contributed by atoms with Crippen LogP contribution >= 0.6 is 0 Å². The van der Waals surface area contributed by atoms with Gasteiger partial charge in [0.15, 0.2) is 11.5 Å².